The summed E-state index contributed by atoms with van der Waals surface area (Å²) >= 11 is 0. The molecule has 3 nitrogen and oxygen atoms in total. The van der Waals surface area contributed by atoms with Gasteiger partial charge in [-0.05, 0) is 24.7 Å². The molecule has 0 heterocycles. The molecule has 0 bridgehead atoms. The quantitative estimate of drug-likeness (QED) is 0.688. The van der Waals surface area contributed by atoms with Crippen LogP contribution in [0.4, 0.5) is 4.79 Å². The number of amides is 2. The lowest BCUT2D eigenvalue weighted by Gasteiger charge is -2.35. The maximum atomic E-state index is 11.4. The standard InChI is InChI=1S/C11H22N2O/c1-11(2)7-5-6-9(8-11)12-10(14)13(3)4/h9H,5-8H2,1-4H3,(H,12,14). The van der Waals surface area contributed by atoms with Crippen molar-refractivity contribution in [3.05, 3.63) is 0 Å². The van der Waals surface area contributed by atoms with Crippen molar-refractivity contribution < 1.29 is 4.79 Å². The van der Waals surface area contributed by atoms with Crippen molar-refractivity contribution >= 4 is 6.03 Å². The Kier molecular flexibility index (Phi) is 3.40. The van der Waals surface area contributed by atoms with Crippen molar-refractivity contribution in [3.8, 4) is 0 Å². The van der Waals surface area contributed by atoms with Crippen LogP contribution in [0.1, 0.15) is 39.5 Å². The Labute approximate surface area is 86.9 Å². The molecular weight excluding hydrogens is 176 g/mol. The fourth-order valence-corrected chi connectivity index (χ4v) is 2.13. The van der Waals surface area contributed by atoms with Gasteiger partial charge in [-0.2, -0.15) is 0 Å². The molecule has 1 fully saturated rings. The highest BCUT2D eigenvalue weighted by atomic mass is 16.2. The van der Waals surface area contributed by atoms with E-state index in [4.69, 9.17) is 0 Å². The normalized spacial score (nSPS) is 25.6. The van der Waals surface area contributed by atoms with Crippen LogP contribution in [0, 0.1) is 5.41 Å². The van der Waals surface area contributed by atoms with Crippen LogP contribution in [0.3, 0.4) is 0 Å². The van der Waals surface area contributed by atoms with Crippen LogP contribution in [0.2, 0.25) is 0 Å². The molecular formula is C11H22N2O. The van der Waals surface area contributed by atoms with Crippen molar-refractivity contribution in [2.45, 2.75) is 45.6 Å². The summed E-state index contributed by atoms with van der Waals surface area (Å²) in [6.45, 7) is 4.56. The first-order valence-corrected chi connectivity index (χ1v) is 5.38. The summed E-state index contributed by atoms with van der Waals surface area (Å²) in [5.74, 6) is 0. The first-order valence-electron chi connectivity index (χ1n) is 5.38. The van der Waals surface area contributed by atoms with Gasteiger partial charge < -0.3 is 10.2 Å². The average molecular weight is 198 g/mol. The third kappa shape index (κ3) is 3.20. The van der Waals surface area contributed by atoms with E-state index in [2.05, 4.69) is 19.2 Å². The summed E-state index contributed by atoms with van der Waals surface area (Å²) in [6, 6.07) is 0.404. The molecule has 1 aliphatic rings. The molecule has 0 aromatic heterocycles. The predicted octanol–water partition coefficient (Wildman–Crippen LogP) is 2.23. The van der Waals surface area contributed by atoms with E-state index < -0.39 is 0 Å². The molecule has 1 atom stereocenters. The van der Waals surface area contributed by atoms with E-state index in [0.717, 1.165) is 12.8 Å². The highest BCUT2D eigenvalue weighted by molar-refractivity contribution is 5.73. The van der Waals surface area contributed by atoms with Crippen molar-refractivity contribution in [1.29, 1.82) is 0 Å². The van der Waals surface area contributed by atoms with Gasteiger partial charge in [0.1, 0.15) is 0 Å². The van der Waals surface area contributed by atoms with Gasteiger partial charge in [0.15, 0.2) is 0 Å². The Morgan fingerprint density at radius 3 is 2.57 bits per heavy atom. The summed E-state index contributed by atoms with van der Waals surface area (Å²) in [7, 11) is 3.56. The summed E-state index contributed by atoms with van der Waals surface area (Å²) < 4.78 is 0. The van der Waals surface area contributed by atoms with Gasteiger partial charge in [-0.25, -0.2) is 4.79 Å². The van der Waals surface area contributed by atoms with E-state index in [9.17, 15) is 4.79 Å². The van der Waals surface area contributed by atoms with Crippen LogP contribution in [0.25, 0.3) is 0 Å². The number of nitrogens with one attached hydrogen (secondary N) is 1. The van der Waals surface area contributed by atoms with Crippen molar-refractivity contribution in [1.82, 2.24) is 10.2 Å². The molecule has 1 aliphatic carbocycles. The van der Waals surface area contributed by atoms with Crippen molar-refractivity contribution in [3.63, 3.8) is 0 Å². The molecule has 14 heavy (non-hydrogen) atoms. The van der Waals surface area contributed by atoms with Crippen molar-refractivity contribution in [2.24, 2.45) is 5.41 Å². The van der Waals surface area contributed by atoms with E-state index in [1.54, 1.807) is 19.0 Å². The lowest BCUT2D eigenvalue weighted by Crippen LogP contribution is -2.44. The average Bonchev–Trinajstić information content (AvgIpc) is 2.01. The molecule has 1 rings (SSSR count). The summed E-state index contributed by atoms with van der Waals surface area (Å²) in [5.41, 5.74) is 0.391. The summed E-state index contributed by atoms with van der Waals surface area (Å²) in [5, 5.41) is 3.06. The van der Waals surface area contributed by atoms with Gasteiger partial charge in [0, 0.05) is 20.1 Å². The van der Waals surface area contributed by atoms with Gasteiger partial charge in [0.25, 0.3) is 0 Å². The molecule has 1 N–H and O–H groups in total. The largest absolute Gasteiger partial charge is 0.335 e. The van der Waals surface area contributed by atoms with E-state index in [-0.39, 0.29) is 6.03 Å². The molecule has 0 radical (unpaired) electrons. The minimum absolute atomic E-state index is 0.0349. The van der Waals surface area contributed by atoms with Gasteiger partial charge in [-0.3, -0.25) is 0 Å². The molecule has 0 saturated heterocycles. The molecule has 0 spiro atoms. The minimum Gasteiger partial charge on any atom is -0.335 e. The van der Waals surface area contributed by atoms with E-state index >= 15 is 0 Å². The third-order valence-corrected chi connectivity index (χ3v) is 2.94. The Morgan fingerprint density at radius 2 is 2.07 bits per heavy atom. The van der Waals surface area contributed by atoms with E-state index in [1.165, 1.54) is 12.8 Å². The molecule has 82 valence electrons. The second-order valence-corrected chi connectivity index (χ2v) is 5.30. The SMILES string of the molecule is CN(C)C(=O)NC1CCCC(C)(C)C1. The molecule has 1 saturated carbocycles. The maximum Gasteiger partial charge on any atom is 0.317 e. The van der Waals surface area contributed by atoms with Gasteiger partial charge in [-0.1, -0.05) is 20.3 Å². The highest BCUT2D eigenvalue weighted by Crippen LogP contribution is 2.34. The number of carbonyl (C=O) groups is 1. The Bertz CT molecular complexity index is 211. The van der Waals surface area contributed by atoms with Crippen LogP contribution >= 0.6 is 0 Å². The Hall–Kier alpha value is -0.730. The van der Waals surface area contributed by atoms with Crippen LogP contribution in [-0.2, 0) is 0 Å². The number of rotatable bonds is 1. The number of urea groups is 1. The maximum absolute atomic E-state index is 11.4. The number of hydrogen-bond acceptors (Lipinski definition) is 1. The second kappa shape index (κ2) is 4.20. The minimum atomic E-state index is 0.0349. The zero-order valence-corrected chi connectivity index (χ0v) is 9.76. The van der Waals surface area contributed by atoms with Crippen LogP contribution in [0.15, 0.2) is 0 Å². The first-order chi connectivity index (χ1) is 6.41. The smallest absolute Gasteiger partial charge is 0.317 e. The molecule has 3 heteroatoms. The van der Waals surface area contributed by atoms with Crippen molar-refractivity contribution in [2.75, 3.05) is 14.1 Å². The highest BCUT2D eigenvalue weighted by Gasteiger charge is 2.28. The zero-order chi connectivity index (χ0) is 10.8. The van der Waals surface area contributed by atoms with Crippen LogP contribution in [0.5, 0.6) is 0 Å². The fraction of sp³-hybridized carbons (Fsp3) is 0.909. The van der Waals surface area contributed by atoms with Crippen LogP contribution in [-0.4, -0.2) is 31.1 Å². The molecule has 0 aliphatic heterocycles. The van der Waals surface area contributed by atoms with Gasteiger partial charge in [0.2, 0.25) is 0 Å². The first kappa shape index (κ1) is 11.3. The molecule has 0 aromatic carbocycles. The topological polar surface area (TPSA) is 32.3 Å². The van der Waals surface area contributed by atoms with Gasteiger partial charge >= 0.3 is 6.03 Å². The zero-order valence-electron chi connectivity index (χ0n) is 9.76. The van der Waals surface area contributed by atoms with Gasteiger partial charge in [-0.15, -0.1) is 0 Å². The second-order valence-electron chi connectivity index (χ2n) is 5.30. The van der Waals surface area contributed by atoms with Crippen LogP contribution < -0.4 is 5.32 Å². The summed E-state index contributed by atoms with van der Waals surface area (Å²) in [6.07, 6.45) is 4.74. The molecule has 0 aromatic rings. The number of hydrogen-bond donors (Lipinski definition) is 1. The third-order valence-electron chi connectivity index (χ3n) is 2.94. The predicted molar refractivity (Wildman–Crippen MR) is 58.3 cm³/mol. The Balaban J connectivity index is 2.42. The van der Waals surface area contributed by atoms with E-state index in [0.29, 0.717) is 11.5 Å². The Morgan fingerprint density at radius 1 is 1.43 bits per heavy atom. The monoisotopic (exact) mass is 198 g/mol. The van der Waals surface area contributed by atoms with E-state index in [1.807, 2.05) is 0 Å². The number of nitrogens with zero attached hydrogens (tertiary/aromatic N) is 1. The molecule has 1 unspecified atom stereocenters. The number of carbonyl (C=O) groups excluding carboxylic acids is 1. The fourth-order valence-electron chi connectivity index (χ4n) is 2.13. The summed E-state index contributed by atoms with van der Waals surface area (Å²) in [4.78, 5) is 13.0. The molecule has 2 amide bonds. The van der Waals surface area contributed by atoms with Gasteiger partial charge in [0.05, 0.1) is 0 Å². The lowest BCUT2D eigenvalue weighted by atomic mass is 9.75. The lowest BCUT2D eigenvalue weighted by molar-refractivity contribution is 0.180.